The highest BCUT2D eigenvalue weighted by atomic mass is 19.1. The molecule has 0 spiro atoms. The summed E-state index contributed by atoms with van der Waals surface area (Å²) in [5, 5.41) is 5.14. The summed E-state index contributed by atoms with van der Waals surface area (Å²) in [6, 6.07) is 2.81. The molecule has 0 bridgehead atoms. The molecule has 1 amide bonds. The van der Waals surface area contributed by atoms with Gasteiger partial charge in [-0.1, -0.05) is 19.4 Å². The summed E-state index contributed by atoms with van der Waals surface area (Å²) in [5.41, 5.74) is 8.10. The highest BCUT2D eigenvalue weighted by Crippen LogP contribution is 2.47. The van der Waals surface area contributed by atoms with Crippen molar-refractivity contribution in [2.75, 3.05) is 18.8 Å². The second-order valence-corrected chi connectivity index (χ2v) is 9.31. The van der Waals surface area contributed by atoms with E-state index in [4.69, 9.17) is 10.2 Å². The molecule has 4 aromatic rings. The number of carbonyl (C=O) groups is 1. The Morgan fingerprint density at radius 3 is 2.94 bits per heavy atom. The van der Waals surface area contributed by atoms with E-state index in [1.807, 2.05) is 0 Å². The number of nitrogens with two attached hydrogens (primary N) is 1. The van der Waals surface area contributed by atoms with Crippen LogP contribution in [-0.2, 0) is 10.2 Å². The minimum Gasteiger partial charge on any atom is -0.440 e. The van der Waals surface area contributed by atoms with Gasteiger partial charge in [-0.25, -0.2) is 24.0 Å². The predicted octanol–water partition coefficient (Wildman–Crippen LogP) is 3.10. The van der Waals surface area contributed by atoms with Crippen LogP contribution in [0.5, 0.6) is 0 Å². The van der Waals surface area contributed by atoms with Crippen LogP contribution in [0, 0.1) is 17.7 Å². The fraction of sp³-hybridized carbons (Fsp3) is 0.320. The molecule has 1 saturated carbocycles. The largest absolute Gasteiger partial charge is 0.440 e. The lowest BCUT2D eigenvalue weighted by Gasteiger charge is -2.14. The molecule has 2 fully saturated rings. The van der Waals surface area contributed by atoms with Gasteiger partial charge in [0.2, 0.25) is 11.8 Å². The first kappa shape index (κ1) is 21.3. The SMILES string of the molecule is C=CC(=O)N1CCC(n2nc(C#Cc3cc4nc(C5(C)CC5)oc4cc3F)c3c(N)ncnc32)C1. The number of halogens is 1. The maximum absolute atomic E-state index is 14.8. The summed E-state index contributed by atoms with van der Waals surface area (Å²) in [4.78, 5) is 26.7. The Hall–Kier alpha value is -4.26. The molecule has 4 heterocycles. The third-order valence-electron chi connectivity index (χ3n) is 6.82. The lowest BCUT2D eigenvalue weighted by molar-refractivity contribution is -0.125. The number of nitrogens with zero attached hydrogens (tertiary/aromatic N) is 6. The maximum atomic E-state index is 14.8. The van der Waals surface area contributed by atoms with Crippen molar-refractivity contribution in [3.8, 4) is 11.8 Å². The average Bonchev–Trinajstić information content (AvgIpc) is 3.22. The number of benzene rings is 1. The molecule has 9 nitrogen and oxygen atoms in total. The van der Waals surface area contributed by atoms with Crippen LogP contribution in [0.4, 0.5) is 10.2 Å². The van der Waals surface area contributed by atoms with E-state index in [0.29, 0.717) is 53.2 Å². The van der Waals surface area contributed by atoms with Crippen LogP contribution in [0.3, 0.4) is 0 Å². The second kappa shape index (κ2) is 7.63. The van der Waals surface area contributed by atoms with Crippen LogP contribution >= 0.6 is 0 Å². The molecule has 10 heteroatoms. The Kier molecular flexibility index (Phi) is 4.64. The first-order chi connectivity index (χ1) is 16.9. The van der Waals surface area contributed by atoms with E-state index >= 15 is 0 Å². The van der Waals surface area contributed by atoms with Gasteiger partial charge in [0.1, 0.15) is 29.2 Å². The zero-order valence-corrected chi connectivity index (χ0v) is 19.1. The number of aromatic nitrogens is 5. The summed E-state index contributed by atoms with van der Waals surface area (Å²) in [5.74, 6) is 6.06. The van der Waals surface area contributed by atoms with Crippen molar-refractivity contribution in [2.45, 2.75) is 37.6 Å². The molecule has 176 valence electrons. The van der Waals surface area contributed by atoms with Crippen LogP contribution in [-0.4, -0.2) is 48.6 Å². The average molecular weight is 471 g/mol. The van der Waals surface area contributed by atoms with E-state index < -0.39 is 5.82 Å². The summed E-state index contributed by atoms with van der Waals surface area (Å²) in [6.45, 7) is 6.69. The molecule has 3 aromatic heterocycles. The maximum Gasteiger partial charge on any atom is 0.246 e. The third kappa shape index (κ3) is 3.51. The van der Waals surface area contributed by atoms with Crippen molar-refractivity contribution >= 4 is 33.9 Å². The number of carbonyl (C=O) groups excluding carboxylic acids is 1. The van der Waals surface area contributed by atoms with Crippen LogP contribution in [0.1, 0.15) is 49.4 Å². The lowest BCUT2D eigenvalue weighted by Crippen LogP contribution is -2.27. The van der Waals surface area contributed by atoms with Gasteiger partial charge in [-0.2, -0.15) is 5.10 Å². The van der Waals surface area contributed by atoms with Crippen molar-refractivity contribution in [1.29, 1.82) is 0 Å². The van der Waals surface area contributed by atoms with Gasteiger partial charge in [-0.15, -0.1) is 0 Å². The van der Waals surface area contributed by atoms with Gasteiger partial charge >= 0.3 is 0 Å². The Labute approximate surface area is 199 Å². The first-order valence-electron chi connectivity index (χ1n) is 11.4. The predicted molar refractivity (Wildman–Crippen MR) is 127 cm³/mol. The molecule has 35 heavy (non-hydrogen) atoms. The fourth-order valence-electron chi connectivity index (χ4n) is 4.44. The van der Waals surface area contributed by atoms with Crippen molar-refractivity contribution < 1.29 is 13.6 Å². The minimum atomic E-state index is -0.504. The van der Waals surface area contributed by atoms with E-state index in [-0.39, 0.29) is 28.7 Å². The number of hydrogen-bond acceptors (Lipinski definition) is 7. The van der Waals surface area contributed by atoms with Crippen molar-refractivity contribution in [3.05, 3.63) is 54.1 Å². The van der Waals surface area contributed by atoms with Crippen LogP contribution in [0.25, 0.3) is 22.1 Å². The van der Waals surface area contributed by atoms with E-state index in [1.54, 1.807) is 15.6 Å². The molecule has 1 atom stereocenters. The highest BCUT2D eigenvalue weighted by molar-refractivity contribution is 5.91. The number of amides is 1. The lowest BCUT2D eigenvalue weighted by atomic mass is 10.1. The molecule has 2 N–H and O–H groups in total. The Bertz CT molecular complexity index is 1590. The molecule has 1 aliphatic carbocycles. The molecule has 2 aliphatic rings. The number of likely N-dealkylation sites (tertiary alicyclic amines) is 1. The number of anilines is 1. The summed E-state index contributed by atoms with van der Waals surface area (Å²) in [7, 11) is 0. The molecule has 1 saturated heterocycles. The Morgan fingerprint density at radius 2 is 2.17 bits per heavy atom. The van der Waals surface area contributed by atoms with Gasteiger partial charge in [0.25, 0.3) is 0 Å². The number of fused-ring (bicyclic) bond motifs is 2. The smallest absolute Gasteiger partial charge is 0.246 e. The summed E-state index contributed by atoms with van der Waals surface area (Å²) < 4.78 is 22.3. The monoisotopic (exact) mass is 471 g/mol. The molecule has 6 rings (SSSR count). The van der Waals surface area contributed by atoms with E-state index in [1.165, 1.54) is 18.5 Å². The van der Waals surface area contributed by atoms with Crippen molar-refractivity contribution in [3.63, 3.8) is 0 Å². The van der Waals surface area contributed by atoms with Gasteiger partial charge in [0, 0.05) is 24.6 Å². The molecule has 1 unspecified atom stereocenters. The first-order valence-corrected chi connectivity index (χ1v) is 11.4. The van der Waals surface area contributed by atoms with E-state index in [9.17, 15) is 9.18 Å². The molecule has 1 aliphatic heterocycles. The number of hydrogen-bond donors (Lipinski definition) is 1. The van der Waals surface area contributed by atoms with Gasteiger partial charge in [-0.3, -0.25) is 4.79 Å². The van der Waals surface area contributed by atoms with Crippen molar-refractivity contribution in [1.82, 2.24) is 29.6 Å². The highest BCUT2D eigenvalue weighted by Gasteiger charge is 2.44. The molecular weight excluding hydrogens is 449 g/mol. The molecular formula is C25H22FN7O2. The van der Waals surface area contributed by atoms with Crippen LogP contribution < -0.4 is 5.73 Å². The zero-order valence-electron chi connectivity index (χ0n) is 19.1. The van der Waals surface area contributed by atoms with Gasteiger partial charge in [0.15, 0.2) is 11.2 Å². The summed E-state index contributed by atoms with van der Waals surface area (Å²) in [6.07, 6.45) is 5.38. The third-order valence-corrected chi connectivity index (χ3v) is 6.82. The van der Waals surface area contributed by atoms with Gasteiger partial charge < -0.3 is 15.1 Å². The topological polar surface area (TPSA) is 116 Å². The number of oxazole rings is 1. The van der Waals surface area contributed by atoms with Gasteiger partial charge in [-0.05, 0) is 37.3 Å². The van der Waals surface area contributed by atoms with Gasteiger partial charge in [0.05, 0.1) is 17.0 Å². The summed E-state index contributed by atoms with van der Waals surface area (Å²) >= 11 is 0. The normalized spacial score (nSPS) is 18.6. The van der Waals surface area contributed by atoms with Crippen molar-refractivity contribution in [2.24, 2.45) is 0 Å². The molecule has 1 aromatic carbocycles. The van der Waals surface area contributed by atoms with Crippen LogP contribution in [0.2, 0.25) is 0 Å². The van der Waals surface area contributed by atoms with E-state index in [2.05, 4.69) is 45.4 Å². The minimum absolute atomic E-state index is 0.0588. The second-order valence-electron chi connectivity index (χ2n) is 9.31. The number of nitrogen functional groups attached to an aromatic ring is 1. The number of rotatable bonds is 3. The van der Waals surface area contributed by atoms with Crippen LogP contribution in [0.15, 0.2) is 35.5 Å². The Balaban J connectivity index is 1.39. The standard InChI is InChI=1S/C25H22FN7O2/c1-3-20(34)32-9-6-15(12-32)33-23-21(22(27)28-13-29-23)17(31-33)5-4-14-10-18-19(11-16(14)26)35-24(30-18)25(2)7-8-25/h3,10-11,13,15H,1,6-9,12H2,2H3,(H2,27,28,29). The quantitative estimate of drug-likeness (QED) is 0.361. The zero-order chi connectivity index (χ0) is 24.3. The molecule has 0 radical (unpaired) electrons. The Morgan fingerprint density at radius 1 is 1.34 bits per heavy atom. The van der Waals surface area contributed by atoms with E-state index in [0.717, 1.165) is 12.8 Å². The fourth-order valence-corrected chi connectivity index (χ4v) is 4.44.